The molecule has 2 aliphatic heterocycles. The second-order valence-electron chi connectivity index (χ2n) is 8.04. The summed E-state index contributed by atoms with van der Waals surface area (Å²) in [6.45, 7) is 4.85. The molecule has 150 valence electrons. The lowest BCUT2D eigenvalue weighted by atomic mass is 10.1. The van der Waals surface area contributed by atoms with Crippen molar-refractivity contribution in [2.75, 3.05) is 46.8 Å². The number of piperidine rings is 1. The number of likely N-dealkylation sites (N-methyl/N-ethyl adjacent to an activating group) is 1. The van der Waals surface area contributed by atoms with Gasteiger partial charge in [0.1, 0.15) is 6.54 Å². The summed E-state index contributed by atoms with van der Waals surface area (Å²) in [7, 11) is 3.59. The number of hydrogen-bond donors (Lipinski definition) is 1. The van der Waals surface area contributed by atoms with E-state index in [4.69, 9.17) is 4.99 Å². The molecule has 3 rings (SSSR count). The molecule has 0 aromatic rings. The molecule has 1 amide bonds. The number of halogens is 1. The summed E-state index contributed by atoms with van der Waals surface area (Å²) in [5.41, 5.74) is 0. The molecule has 1 aliphatic carbocycles. The molecule has 26 heavy (non-hydrogen) atoms. The zero-order valence-electron chi connectivity index (χ0n) is 16.5. The Morgan fingerprint density at radius 2 is 1.73 bits per heavy atom. The number of likely N-dealkylation sites (tertiary alicyclic amines) is 2. The van der Waals surface area contributed by atoms with Crippen molar-refractivity contribution in [2.45, 2.75) is 63.5 Å². The van der Waals surface area contributed by atoms with Gasteiger partial charge in [-0.1, -0.05) is 19.3 Å². The third kappa shape index (κ3) is 5.97. The molecule has 0 spiro atoms. The number of nitrogens with zero attached hydrogens (tertiary/aromatic N) is 4. The van der Waals surface area contributed by atoms with Crippen molar-refractivity contribution in [3.63, 3.8) is 0 Å². The van der Waals surface area contributed by atoms with Crippen LogP contribution in [-0.4, -0.2) is 85.5 Å². The van der Waals surface area contributed by atoms with Gasteiger partial charge in [-0.15, -0.1) is 24.0 Å². The molecule has 1 atom stereocenters. The molecule has 1 unspecified atom stereocenters. The van der Waals surface area contributed by atoms with E-state index in [1.165, 1.54) is 64.5 Å². The fraction of sp³-hybridized carbons (Fsp3) is 0.895. The molecule has 0 aromatic heterocycles. The van der Waals surface area contributed by atoms with E-state index in [0.29, 0.717) is 12.1 Å². The van der Waals surface area contributed by atoms with E-state index < -0.39 is 0 Å². The molecule has 0 bridgehead atoms. The van der Waals surface area contributed by atoms with E-state index in [0.717, 1.165) is 19.0 Å². The molecular weight excluding hydrogens is 441 g/mol. The maximum atomic E-state index is 12.0. The Balaban J connectivity index is 0.00000243. The summed E-state index contributed by atoms with van der Waals surface area (Å²) in [6.07, 6.45) is 10.3. The molecule has 2 heterocycles. The lowest BCUT2D eigenvalue weighted by molar-refractivity contribution is -0.127. The summed E-state index contributed by atoms with van der Waals surface area (Å²) >= 11 is 0. The van der Waals surface area contributed by atoms with Crippen molar-refractivity contribution in [2.24, 2.45) is 4.99 Å². The van der Waals surface area contributed by atoms with Gasteiger partial charge in [-0.2, -0.15) is 0 Å². The van der Waals surface area contributed by atoms with Crippen LogP contribution in [0.1, 0.15) is 51.4 Å². The summed E-state index contributed by atoms with van der Waals surface area (Å²) in [5, 5.41) is 3.66. The largest absolute Gasteiger partial charge is 0.353 e. The number of nitrogens with one attached hydrogen (secondary N) is 1. The Morgan fingerprint density at radius 3 is 2.38 bits per heavy atom. The fourth-order valence-corrected chi connectivity index (χ4v) is 4.29. The second-order valence-corrected chi connectivity index (χ2v) is 8.04. The van der Waals surface area contributed by atoms with Crippen molar-refractivity contribution in [1.82, 2.24) is 20.0 Å². The van der Waals surface area contributed by atoms with E-state index in [1.54, 1.807) is 19.0 Å². The second kappa shape index (κ2) is 10.7. The zero-order valence-corrected chi connectivity index (χ0v) is 18.8. The summed E-state index contributed by atoms with van der Waals surface area (Å²) in [6, 6.07) is 1.18. The first-order chi connectivity index (χ1) is 12.1. The highest BCUT2D eigenvalue weighted by atomic mass is 127. The first-order valence-corrected chi connectivity index (χ1v) is 10.1. The van der Waals surface area contributed by atoms with E-state index in [-0.39, 0.29) is 36.4 Å². The number of aliphatic imine (C=N–C) groups is 1. The van der Waals surface area contributed by atoms with Crippen LogP contribution in [0.3, 0.4) is 0 Å². The molecule has 6 nitrogen and oxygen atoms in total. The van der Waals surface area contributed by atoms with Gasteiger partial charge in [0.2, 0.25) is 5.91 Å². The van der Waals surface area contributed by atoms with Gasteiger partial charge in [0.05, 0.1) is 0 Å². The number of carbonyl (C=O) groups excluding carboxylic acids is 1. The highest BCUT2D eigenvalue weighted by molar-refractivity contribution is 14.0. The molecule has 7 heteroatoms. The third-order valence-electron chi connectivity index (χ3n) is 5.92. The lowest BCUT2D eigenvalue weighted by Gasteiger charge is -2.32. The lowest BCUT2D eigenvalue weighted by Crippen LogP contribution is -2.47. The van der Waals surface area contributed by atoms with Gasteiger partial charge in [0.15, 0.2) is 5.96 Å². The fourth-order valence-electron chi connectivity index (χ4n) is 4.29. The molecule has 0 radical (unpaired) electrons. The first-order valence-electron chi connectivity index (χ1n) is 10.1. The van der Waals surface area contributed by atoms with Crippen molar-refractivity contribution in [3.8, 4) is 0 Å². The van der Waals surface area contributed by atoms with Crippen LogP contribution in [0.25, 0.3) is 0 Å². The van der Waals surface area contributed by atoms with E-state index >= 15 is 0 Å². The minimum Gasteiger partial charge on any atom is -0.353 e. The normalized spacial score (nSPS) is 25.2. The maximum absolute atomic E-state index is 12.0. The summed E-state index contributed by atoms with van der Waals surface area (Å²) in [5.74, 6) is 1.03. The topological polar surface area (TPSA) is 51.2 Å². The van der Waals surface area contributed by atoms with Crippen LogP contribution in [0.2, 0.25) is 0 Å². The van der Waals surface area contributed by atoms with Crippen LogP contribution in [0, 0.1) is 0 Å². The van der Waals surface area contributed by atoms with Crippen LogP contribution in [0.4, 0.5) is 0 Å². The summed E-state index contributed by atoms with van der Waals surface area (Å²) in [4.78, 5) is 23.3. The Bertz CT molecular complexity index is 473. The Labute approximate surface area is 175 Å². The minimum atomic E-state index is 0. The standard InChI is InChI=1S/C19H35N5O.HI/c1-22(2)18(25)14-20-19(21-16-8-4-5-9-16)24-13-10-17(15-24)23-11-6-3-7-12-23;/h16-17H,3-15H2,1-2H3,(H,20,21);1H. The SMILES string of the molecule is CN(C)C(=O)CN=C(NC1CCCC1)N1CCC(N2CCCCC2)C1.I. The van der Waals surface area contributed by atoms with E-state index in [1.807, 2.05) is 0 Å². The highest BCUT2D eigenvalue weighted by Crippen LogP contribution is 2.22. The molecule has 1 N–H and O–H groups in total. The molecule has 0 aromatic carbocycles. The molecule has 3 aliphatic rings. The predicted octanol–water partition coefficient (Wildman–Crippen LogP) is 2.14. The van der Waals surface area contributed by atoms with Crippen LogP contribution in [0.5, 0.6) is 0 Å². The van der Waals surface area contributed by atoms with Gasteiger partial charge in [-0.05, 0) is 45.2 Å². The number of rotatable bonds is 4. The summed E-state index contributed by atoms with van der Waals surface area (Å²) < 4.78 is 0. The monoisotopic (exact) mass is 477 g/mol. The average molecular weight is 477 g/mol. The van der Waals surface area contributed by atoms with Gasteiger partial charge in [-0.3, -0.25) is 9.69 Å². The van der Waals surface area contributed by atoms with Crippen molar-refractivity contribution < 1.29 is 4.79 Å². The molecular formula is C19H36IN5O. The highest BCUT2D eigenvalue weighted by Gasteiger charge is 2.31. The van der Waals surface area contributed by atoms with Crippen molar-refractivity contribution in [1.29, 1.82) is 0 Å². The van der Waals surface area contributed by atoms with Gasteiger partial charge >= 0.3 is 0 Å². The van der Waals surface area contributed by atoms with Crippen LogP contribution < -0.4 is 5.32 Å². The van der Waals surface area contributed by atoms with Crippen LogP contribution in [-0.2, 0) is 4.79 Å². The van der Waals surface area contributed by atoms with Gasteiger partial charge in [-0.25, -0.2) is 4.99 Å². The van der Waals surface area contributed by atoms with Gasteiger partial charge in [0, 0.05) is 39.3 Å². The van der Waals surface area contributed by atoms with Crippen LogP contribution >= 0.6 is 24.0 Å². The van der Waals surface area contributed by atoms with E-state index in [2.05, 4.69) is 15.1 Å². The Morgan fingerprint density at radius 1 is 1.04 bits per heavy atom. The van der Waals surface area contributed by atoms with E-state index in [9.17, 15) is 4.79 Å². The number of hydrogen-bond acceptors (Lipinski definition) is 3. The quantitative estimate of drug-likeness (QED) is 0.383. The number of guanidine groups is 1. The van der Waals surface area contributed by atoms with Crippen LogP contribution in [0.15, 0.2) is 4.99 Å². The Kier molecular flexibility index (Phi) is 8.93. The molecule has 3 fully saturated rings. The number of amides is 1. The first kappa shape index (κ1) is 21.7. The third-order valence-corrected chi connectivity index (χ3v) is 5.92. The average Bonchev–Trinajstić information content (AvgIpc) is 3.30. The molecule has 1 saturated carbocycles. The van der Waals surface area contributed by atoms with Crippen molar-refractivity contribution in [3.05, 3.63) is 0 Å². The van der Waals surface area contributed by atoms with Crippen molar-refractivity contribution >= 4 is 35.8 Å². The van der Waals surface area contributed by atoms with Gasteiger partial charge < -0.3 is 15.1 Å². The molecule has 2 saturated heterocycles. The van der Waals surface area contributed by atoms with Gasteiger partial charge in [0.25, 0.3) is 0 Å². The number of carbonyl (C=O) groups is 1. The Hall–Kier alpha value is -0.570. The zero-order chi connectivity index (χ0) is 17.6. The smallest absolute Gasteiger partial charge is 0.243 e. The minimum absolute atomic E-state index is 0. The predicted molar refractivity (Wildman–Crippen MR) is 117 cm³/mol. The maximum Gasteiger partial charge on any atom is 0.243 e.